The van der Waals surface area contributed by atoms with E-state index in [1.165, 1.54) is 0 Å². The summed E-state index contributed by atoms with van der Waals surface area (Å²) in [6.07, 6.45) is -6.77. The molecule has 0 spiro atoms. The number of hydrogen-bond donors (Lipinski definition) is 0. The molecule has 10 heteroatoms. The van der Waals surface area contributed by atoms with Gasteiger partial charge in [-0.2, -0.15) is 30.7 Å². The van der Waals surface area contributed by atoms with Crippen LogP contribution in [0, 0.1) is 0 Å². The van der Waals surface area contributed by atoms with Crippen molar-refractivity contribution in [2.45, 2.75) is 50.3 Å². The second-order valence-electron chi connectivity index (χ2n) is 4.15. The molecule has 0 fully saturated rings. The highest BCUT2D eigenvalue weighted by Gasteiger charge is 2.84. The van der Waals surface area contributed by atoms with Crippen LogP contribution in [0.2, 0.25) is 0 Å². The summed E-state index contributed by atoms with van der Waals surface area (Å²) < 4.78 is 118. The van der Waals surface area contributed by atoms with Gasteiger partial charge in [0.2, 0.25) is 0 Å². The second kappa shape index (κ2) is 4.71. The number of ether oxygens (including phenoxy) is 1. The first-order chi connectivity index (χ1) is 8.06. The van der Waals surface area contributed by atoms with Crippen molar-refractivity contribution in [1.29, 1.82) is 0 Å². The largest absolute Gasteiger partial charge is 0.460 e. The molecule has 0 aliphatic carbocycles. The molecule has 0 aliphatic rings. The maximum Gasteiger partial charge on any atom is 0.460 e. The molecule has 19 heavy (non-hydrogen) atoms. The minimum absolute atomic E-state index is 0.0724. The van der Waals surface area contributed by atoms with E-state index in [0.717, 1.165) is 6.92 Å². The molecule has 0 saturated carbocycles. The van der Waals surface area contributed by atoms with Gasteiger partial charge < -0.3 is 4.74 Å². The lowest BCUT2D eigenvalue weighted by Gasteiger charge is -2.42. The third-order valence-electron chi connectivity index (χ3n) is 2.26. The second-order valence-corrected chi connectivity index (χ2v) is 4.15. The van der Waals surface area contributed by atoms with Gasteiger partial charge in [-0.05, 0) is 20.8 Å². The van der Waals surface area contributed by atoms with Gasteiger partial charge in [0.15, 0.2) is 5.67 Å². The Morgan fingerprint density at radius 1 is 0.737 bits per heavy atom. The van der Waals surface area contributed by atoms with Crippen LogP contribution in [0.15, 0.2) is 0 Å². The number of rotatable bonds is 5. The van der Waals surface area contributed by atoms with E-state index in [0.29, 0.717) is 0 Å². The van der Waals surface area contributed by atoms with Crippen molar-refractivity contribution >= 4 is 0 Å². The minimum Gasteiger partial charge on any atom is -0.339 e. The van der Waals surface area contributed by atoms with Gasteiger partial charge in [-0.15, -0.1) is 0 Å². The third kappa shape index (κ3) is 2.63. The topological polar surface area (TPSA) is 9.23 Å². The Morgan fingerprint density at radius 3 is 1.32 bits per heavy atom. The first-order valence-corrected chi connectivity index (χ1v) is 4.90. The van der Waals surface area contributed by atoms with Gasteiger partial charge in [0.05, 0.1) is 0 Å². The molecular weight excluding hydrogens is 295 g/mol. The van der Waals surface area contributed by atoms with Crippen LogP contribution in [0.25, 0.3) is 0 Å². The molecule has 116 valence electrons. The maximum absolute atomic E-state index is 13.8. The predicted molar refractivity (Wildman–Crippen MR) is 46.6 cm³/mol. The van der Waals surface area contributed by atoms with E-state index in [4.69, 9.17) is 0 Å². The zero-order chi connectivity index (χ0) is 15.9. The third-order valence-corrected chi connectivity index (χ3v) is 2.26. The predicted octanol–water partition coefficient (Wildman–Crippen LogP) is 4.27. The molecule has 0 saturated heterocycles. The molecular formula is C9H11F9O. The van der Waals surface area contributed by atoms with Crippen LogP contribution in [0.4, 0.5) is 39.5 Å². The molecule has 0 N–H and O–H groups in total. The van der Waals surface area contributed by atoms with Crippen molar-refractivity contribution in [3.63, 3.8) is 0 Å². The van der Waals surface area contributed by atoms with Crippen LogP contribution in [0.3, 0.4) is 0 Å². The smallest absolute Gasteiger partial charge is 0.339 e. The summed E-state index contributed by atoms with van der Waals surface area (Å²) >= 11 is 0. The highest BCUT2D eigenvalue weighted by molar-refractivity contribution is 5.07. The Bertz CT molecular complexity index is 317. The molecule has 0 aromatic carbocycles. The summed E-state index contributed by atoms with van der Waals surface area (Å²) in [5, 5.41) is 0. The average Bonchev–Trinajstić information content (AvgIpc) is 2.13. The van der Waals surface area contributed by atoms with Gasteiger partial charge >= 0.3 is 23.9 Å². The standard InChI is InChI=1S/C9H11F9O/c1-4-19-8(15,5(2,3)10)6(11,12)7(13,14)9(16,17)18/h4H2,1-3H3. The fourth-order valence-corrected chi connectivity index (χ4v) is 1.21. The zero-order valence-electron chi connectivity index (χ0n) is 10.0. The number of alkyl halides is 9. The Kier molecular flexibility index (Phi) is 4.54. The average molecular weight is 306 g/mol. The van der Waals surface area contributed by atoms with Crippen molar-refractivity contribution in [2.24, 2.45) is 0 Å². The van der Waals surface area contributed by atoms with Crippen LogP contribution in [0.1, 0.15) is 20.8 Å². The summed E-state index contributed by atoms with van der Waals surface area (Å²) in [7, 11) is 0. The van der Waals surface area contributed by atoms with Crippen molar-refractivity contribution in [2.75, 3.05) is 6.61 Å². The van der Waals surface area contributed by atoms with Crippen molar-refractivity contribution in [1.82, 2.24) is 0 Å². The Labute approximate surface area is 102 Å². The van der Waals surface area contributed by atoms with Crippen LogP contribution in [-0.2, 0) is 4.74 Å². The summed E-state index contributed by atoms with van der Waals surface area (Å²) in [5.41, 5.74) is -3.80. The highest BCUT2D eigenvalue weighted by Crippen LogP contribution is 2.56. The fourth-order valence-electron chi connectivity index (χ4n) is 1.21. The SMILES string of the molecule is CCOC(F)(C(C)(C)F)C(F)(F)C(F)(F)C(F)(F)F. The minimum atomic E-state index is -6.80. The zero-order valence-corrected chi connectivity index (χ0v) is 10.0. The molecule has 1 unspecified atom stereocenters. The Balaban J connectivity index is 5.96. The van der Waals surface area contributed by atoms with Crippen LogP contribution in [-0.4, -0.2) is 36.2 Å². The fraction of sp³-hybridized carbons (Fsp3) is 1.00. The summed E-state index contributed by atoms with van der Waals surface area (Å²) in [6.45, 7) is -0.0543. The molecule has 0 heterocycles. The van der Waals surface area contributed by atoms with E-state index >= 15 is 0 Å². The van der Waals surface area contributed by atoms with Gasteiger partial charge in [-0.1, -0.05) is 0 Å². The quantitative estimate of drug-likeness (QED) is 0.689. The van der Waals surface area contributed by atoms with E-state index in [-0.39, 0.29) is 13.8 Å². The Morgan fingerprint density at radius 2 is 1.11 bits per heavy atom. The lowest BCUT2D eigenvalue weighted by molar-refractivity contribution is -0.430. The maximum atomic E-state index is 13.8. The van der Waals surface area contributed by atoms with E-state index in [1.807, 2.05) is 0 Å². The normalized spacial score (nSPS) is 18.3. The lowest BCUT2D eigenvalue weighted by atomic mass is 9.90. The van der Waals surface area contributed by atoms with E-state index < -0.39 is 36.2 Å². The molecule has 0 radical (unpaired) electrons. The van der Waals surface area contributed by atoms with Crippen molar-refractivity contribution in [3.8, 4) is 0 Å². The van der Waals surface area contributed by atoms with Crippen LogP contribution in [0.5, 0.6) is 0 Å². The summed E-state index contributed by atoms with van der Waals surface area (Å²) in [5.74, 6) is -18.4. The molecule has 0 amide bonds. The molecule has 1 atom stereocenters. The molecule has 0 aliphatic heterocycles. The van der Waals surface area contributed by atoms with Gasteiger partial charge in [0, 0.05) is 6.61 Å². The number of hydrogen-bond acceptors (Lipinski definition) is 1. The van der Waals surface area contributed by atoms with E-state index in [1.54, 1.807) is 0 Å². The first kappa shape index (κ1) is 18.3. The molecule has 1 nitrogen and oxygen atoms in total. The molecule has 0 aromatic heterocycles. The summed E-state index contributed by atoms with van der Waals surface area (Å²) in [6, 6.07) is 0. The van der Waals surface area contributed by atoms with Gasteiger partial charge in [-0.3, -0.25) is 0 Å². The first-order valence-electron chi connectivity index (χ1n) is 4.90. The molecule has 0 rings (SSSR count). The Hall–Kier alpha value is -0.670. The van der Waals surface area contributed by atoms with E-state index in [2.05, 4.69) is 4.74 Å². The van der Waals surface area contributed by atoms with E-state index in [9.17, 15) is 39.5 Å². The van der Waals surface area contributed by atoms with Gasteiger partial charge in [0.25, 0.3) is 0 Å². The van der Waals surface area contributed by atoms with Gasteiger partial charge in [-0.25, -0.2) is 8.78 Å². The molecule has 0 bridgehead atoms. The monoisotopic (exact) mass is 306 g/mol. The summed E-state index contributed by atoms with van der Waals surface area (Å²) in [4.78, 5) is 0. The highest BCUT2D eigenvalue weighted by atomic mass is 19.4. The van der Waals surface area contributed by atoms with Gasteiger partial charge in [0.1, 0.15) is 0 Å². The number of halogens is 9. The molecule has 0 aromatic rings. The van der Waals surface area contributed by atoms with Crippen LogP contribution < -0.4 is 0 Å². The van der Waals surface area contributed by atoms with Crippen molar-refractivity contribution < 1.29 is 44.3 Å². The van der Waals surface area contributed by atoms with Crippen molar-refractivity contribution in [3.05, 3.63) is 0 Å². The lowest BCUT2D eigenvalue weighted by Crippen LogP contribution is -2.69. The van der Waals surface area contributed by atoms with Crippen LogP contribution >= 0.6 is 0 Å².